The standard InChI is InChI=1S/C19H25N/c1-12(2)16-9-17(13(3)4)11-19(10-16)18-7-14(5)20-15(6)8-18/h7-13H,1-6H3. The van der Waals surface area contributed by atoms with E-state index in [9.17, 15) is 0 Å². The van der Waals surface area contributed by atoms with Gasteiger partial charge in [-0.05, 0) is 60.1 Å². The highest BCUT2D eigenvalue weighted by Gasteiger charge is 2.09. The van der Waals surface area contributed by atoms with Crippen LogP contribution in [0.3, 0.4) is 0 Å². The molecule has 0 N–H and O–H groups in total. The van der Waals surface area contributed by atoms with Crippen molar-refractivity contribution in [1.29, 1.82) is 0 Å². The molecule has 0 unspecified atom stereocenters. The van der Waals surface area contributed by atoms with Crippen molar-refractivity contribution in [3.63, 3.8) is 0 Å². The number of aryl methyl sites for hydroxylation is 2. The van der Waals surface area contributed by atoms with Gasteiger partial charge in [0, 0.05) is 11.4 Å². The smallest absolute Gasteiger partial charge is 0.0382 e. The first-order valence-electron chi connectivity index (χ1n) is 7.47. The Morgan fingerprint density at radius 3 is 1.45 bits per heavy atom. The van der Waals surface area contributed by atoms with Gasteiger partial charge in [-0.1, -0.05) is 45.9 Å². The van der Waals surface area contributed by atoms with Gasteiger partial charge >= 0.3 is 0 Å². The topological polar surface area (TPSA) is 12.9 Å². The van der Waals surface area contributed by atoms with Crippen LogP contribution in [-0.4, -0.2) is 4.98 Å². The van der Waals surface area contributed by atoms with E-state index in [-0.39, 0.29) is 0 Å². The Hall–Kier alpha value is -1.63. The summed E-state index contributed by atoms with van der Waals surface area (Å²) in [5, 5.41) is 0. The third kappa shape index (κ3) is 3.27. The van der Waals surface area contributed by atoms with Crippen LogP contribution < -0.4 is 0 Å². The third-order valence-electron chi connectivity index (χ3n) is 3.73. The van der Waals surface area contributed by atoms with E-state index in [2.05, 4.69) is 76.9 Å². The normalized spacial score (nSPS) is 11.4. The summed E-state index contributed by atoms with van der Waals surface area (Å²) in [6, 6.07) is 11.3. The molecule has 0 aliphatic rings. The summed E-state index contributed by atoms with van der Waals surface area (Å²) >= 11 is 0. The van der Waals surface area contributed by atoms with E-state index in [1.54, 1.807) is 0 Å². The average molecular weight is 267 g/mol. The molecule has 1 heteroatoms. The molecule has 0 spiro atoms. The van der Waals surface area contributed by atoms with Crippen molar-refractivity contribution in [2.45, 2.75) is 53.4 Å². The fraction of sp³-hybridized carbons (Fsp3) is 0.421. The van der Waals surface area contributed by atoms with Gasteiger partial charge in [0.2, 0.25) is 0 Å². The van der Waals surface area contributed by atoms with Crippen molar-refractivity contribution in [1.82, 2.24) is 4.98 Å². The Morgan fingerprint density at radius 2 is 1.05 bits per heavy atom. The first kappa shape index (κ1) is 14.8. The van der Waals surface area contributed by atoms with E-state index in [4.69, 9.17) is 0 Å². The monoisotopic (exact) mass is 267 g/mol. The molecule has 1 nitrogen and oxygen atoms in total. The predicted molar refractivity (Wildman–Crippen MR) is 87.3 cm³/mol. The van der Waals surface area contributed by atoms with E-state index < -0.39 is 0 Å². The lowest BCUT2D eigenvalue weighted by atomic mass is 9.91. The Bertz CT molecular complexity index is 563. The summed E-state index contributed by atoms with van der Waals surface area (Å²) in [5.74, 6) is 1.10. The highest BCUT2D eigenvalue weighted by molar-refractivity contribution is 5.66. The highest BCUT2D eigenvalue weighted by Crippen LogP contribution is 2.29. The minimum Gasteiger partial charge on any atom is -0.258 e. The SMILES string of the molecule is Cc1cc(-c2cc(C(C)C)cc(C(C)C)c2)cc(C)n1. The number of pyridine rings is 1. The Kier molecular flexibility index (Phi) is 4.27. The molecule has 1 aromatic carbocycles. The summed E-state index contributed by atoms with van der Waals surface area (Å²) in [6.07, 6.45) is 0. The lowest BCUT2D eigenvalue weighted by molar-refractivity contribution is 0.834. The van der Waals surface area contributed by atoms with Crippen LogP contribution in [0.5, 0.6) is 0 Å². The van der Waals surface area contributed by atoms with Gasteiger partial charge in [0.05, 0.1) is 0 Å². The van der Waals surface area contributed by atoms with Crippen LogP contribution in [0, 0.1) is 13.8 Å². The maximum atomic E-state index is 4.47. The molecule has 0 saturated carbocycles. The summed E-state index contributed by atoms with van der Waals surface area (Å²) < 4.78 is 0. The molecule has 0 saturated heterocycles. The van der Waals surface area contributed by atoms with Crippen molar-refractivity contribution < 1.29 is 0 Å². The molecule has 1 aromatic heterocycles. The summed E-state index contributed by atoms with van der Waals surface area (Å²) in [7, 11) is 0. The fourth-order valence-corrected chi connectivity index (χ4v) is 2.51. The minimum absolute atomic E-state index is 0.552. The van der Waals surface area contributed by atoms with Gasteiger partial charge in [-0.25, -0.2) is 0 Å². The quantitative estimate of drug-likeness (QED) is 0.704. The molecule has 2 aromatic rings. The number of nitrogens with zero attached hydrogens (tertiary/aromatic N) is 1. The Balaban J connectivity index is 2.60. The van der Waals surface area contributed by atoms with Gasteiger partial charge in [-0.15, -0.1) is 0 Å². The van der Waals surface area contributed by atoms with Crippen LogP contribution in [0.25, 0.3) is 11.1 Å². The molecule has 0 bridgehead atoms. The van der Waals surface area contributed by atoms with E-state index in [0.717, 1.165) is 11.4 Å². The van der Waals surface area contributed by atoms with Crippen LogP contribution in [0.15, 0.2) is 30.3 Å². The predicted octanol–water partition coefficient (Wildman–Crippen LogP) is 5.61. The molecule has 0 fully saturated rings. The molecule has 106 valence electrons. The van der Waals surface area contributed by atoms with Crippen molar-refractivity contribution >= 4 is 0 Å². The molecule has 1 heterocycles. The van der Waals surface area contributed by atoms with Gasteiger partial charge in [0.15, 0.2) is 0 Å². The van der Waals surface area contributed by atoms with Crippen molar-refractivity contribution in [3.05, 3.63) is 52.8 Å². The third-order valence-corrected chi connectivity index (χ3v) is 3.73. The first-order valence-corrected chi connectivity index (χ1v) is 7.47. The largest absolute Gasteiger partial charge is 0.258 e. The highest BCUT2D eigenvalue weighted by atomic mass is 14.7. The molecule has 0 aliphatic carbocycles. The average Bonchev–Trinajstić information content (AvgIpc) is 2.36. The first-order chi connectivity index (χ1) is 9.36. The van der Waals surface area contributed by atoms with Crippen LogP contribution in [0.4, 0.5) is 0 Å². The number of aromatic nitrogens is 1. The summed E-state index contributed by atoms with van der Waals surface area (Å²) in [5.41, 5.74) is 7.59. The Labute approximate surface area is 123 Å². The number of rotatable bonds is 3. The van der Waals surface area contributed by atoms with Crippen molar-refractivity contribution in [2.75, 3.05) is 0 Å². The minimum atomic E-state index is 0.552. The molecule has 0 aliphatic heterocycles. The second kappa shape index (κ2) is 5.78. The van der Waals surface area contributed by atoms with Crippen LogP contribution in [-0.2, 0) is 0 Å². The van der Waals surface area contributed by atoms with E-state index in [1.807, 2.05) is 0 Å². The summed E-state index contributed by atoms with van der Waals surface area (Å²) in [6.45, 7) is 13.1. The number of hydrogen-bond donors (Lipinski definition) is 0. The van der Waals surface area contributed by atoms with Crippen molar-refractivity contribution in [2.24, 2.45) is 0 Å². The molecule has 0 radical (unpaired) electrons. The van der Waals surface area contributed by atoms with Gasteiger partial charge < -0.3 is 0 Å². The van der Waals surface area contributed by atoms with Crippen LogP contribution in [0.2, 0.25) is 0 Å². The van der Waals surface area contributed by atoms with Crippen LogP contribution >= 0.6 is 0 Å². The van der Waals surface area contributed by atoms with Gasteiger partial charge in [-0.2, -0.15) is 0 Å². The summed E-state index contributed by atoms with van der Waals surface area (Å²) in [4.78, 5) is 4.47. The number of hydrogen-bond acceptors (Lipinski definition) is 1. The van der Waals surface area contributed by atoms with Gasteiger partial charge in [-0.3, -0.25) is 4.98 Å². The zero-order valence-electron chi connectivity index (χ0n) is 13.5. The van der Waals surface area contributed by atoms with E-state index >= 15 is 0 Å². The zero-order valence-corrected chi connectivity index (χ0v) is 13.5. The Morgan fingerprint density at radius 1 is 0.650 bits per heavy atom. The maximum Gasteiger partial charge on any atom is 0.0382 e. The van der Waals surface area contributed by atoms with Gasteiger partial charge in [0.25, 0.3) is 0 Å². The molecular formula is C19H25N. The van der Waals surface area contributed by atoms with E-state index in [1.165, 1.54) is 22.3 Å². The molecule has 0 atom stereocenters. The van der Waals surface area contributed by atoms with Gasteiger partial charge in [0.1, 0.15) is 0 Å². The molecule has 0 amide bonds. The maximum absolute atomic E-state index is 4.47. The molecule has 20 heavy (non-hydrogen) atoms. The zero-order chi connectivity index (χ0) is 14.9. The lowest BCUT2D eigenvalue weighted by Crippen LogP contribution is -1.96. The fourth-order valence-electron chi connectivity index (χ4n) is 2.51. The van der Waals surface area contributed by atoms with Crippen molar-refractivity contribution in [3.8, 4) is 11.1 Å². The van der Waals surface area contributed by atoms with Crippen LogP contribution in [0.1, 0.15) is 62.0 Å². The number of benzene rings is 1. The molecular weight excluding hydrogens is 242 g/mol. The van der Waals surface area contributed by atoms with E-state index in [0.29, 0.717) is 11.8 Å². The second-order valence-corrected chi connectivity index (χ2v) is 6.34. The second-order valence-electron chi connectivity index (χ2n) is 6.34. The lowest BCUT2D eigenvalue weighted by Gasteiger charge is -2.15. The molecule has 2 rings (SSSR count).